The predicted octanol–water partition coefficient (Wildman–Crippen LogP) is 4.71. The van der Waals surface area contributed by atoms with Gasteiger partial charge < -0.3 is 25.6 Å². The van der Waals surface area contributed by atoms with E-state index in [1.54, 1.807) is 12.1 Å². The third-order valence-electron chi connectivity index (χ3n) is 5.83. The molecule has 4 rings (SSSR count). The van der Waals surface area contributed by atoms with Crippen LogP contribution in [0.1, 0.15) is 27.0 Å². The van der Waals surface area contributed by atoms with Gasteiger partial charge in [-0.15, -0.1) is 0 Å². The molecule has 3 aromatic carbocycles. The molecule has 1 aliphatic rings. The van der Waals surface area contributed by atoms with Crippen molar-refractivity contribution in [2.45, 2.75) is 20.4 Å². The van der Waals surface area contributed by atoms with Gasteiger partial charge in [-0.3, -0.25) is 4.79 Å². The predicted molar refractivity (Wildman–Crippen MR) is 136 cm³/mol. The molecular formula is C27H30N4O3. The molecule has 0 aliphatic carbocycles. The van der Waals surface area contributed by atoms with E-state index in [4.69, 9.17) is 4.74 Å². The highest BCUT2D eigenvalue weighted by Crippen LogP contribution is 2.28. The number of anilines is 3. The number of nitrogens with zero attached hydrogens (tertiary/aromatic N) is 1. The van der Waals surface area contributed by atoms with Crippen LogP contribution in [0.25, 0.3) is 0 Å². The Morgan fingerprint density at radius 1 is 0.882 bits per heavy atom. The van der Waals surface area contributed by atoms with Crippen molar-refractivity contribution < 1.29 is 14.3 Å². The van der Waals surface area contributed by atoms with Crippen molar-refractivity contribution in [3.8, 4) is 0 Å². The van der Waals surface area contributed by atoms with Crippen molar-refractivity contribution in [1.82, 2.24) is 5.32 Å². The van der Waals surface area contributed by atoms with Gasteiger partial charge in [0.25, 0.3) is 5.91 Å². The highest BCUT2D eigenvalue weighted by atomic mass is 16.5. The molecule has 1 saturated heterocycles. The van der Waals surface area contributed by atoms with Gasteiger partial charge in [0.15, 0.2) is 0 Å². The Labute approximate surface area is 200 Å². The number of benzene rings is 3. The number of rotatable bonds is 6. The number of para-hydroxylation sites is 1. The maximum absolute atomic E-state index is 12.9. The second kappa shape index (κ2) is 10.9. The molecule has 7 nitrogen and oxygen atoms in total. The Morgan fingerprint density at radius 2 is 1.59 bits per heavy atom. The Balaban J connectivity index is 1.52. The van der Waals surface area contributed by atoms with Gasteiger partial charge in [0, 0.05) is 30.9 Å². The first-order valence-corrected chi connectivity index (χ1v) is 11.4. The molecule has 0 unspecified atom stereocenters. The molecular weight excluding hydrogens is 428 g/mol. The normalized spacial score (nSPS) is 13.3. The van der Waals surface area contributed by atoms with E-state index in [9.17, 15) is 9.59 Å². The average Bonchev–Trinajstić information content (AvgIpc) is 2.85. The third-order valence-corrected chi connectivity index (χ3v) is 5.83. The molecule has 0 aromatic heterocycles. The highest BCUT2D eigenvalue weighted by molar-refractivity contribution is 6.04. The largest absolute Gasteiger partial charge is 0.378 e. The van der Waals surface area contributed by atoms with Crippen LogP contribution in [0.5, 0.6) is 0 Å². The minimum absolute atomic E-state index is 0.198. The number of carbonyl (C=O) groups excluding carboxylic acids is 2. The number of amides is 3. The van der Waals surface area contributed by atoms with Crippen LogP contribution in [0.2, 0.25) is 0 Å². The van der Waals surface area contributed by atoms with Gasteiger partial charge in [0.2, 0.25) is 0 Å². The standard InChI is InChI=1S/C27H30N4O3/c1-19-7-9-21(10-8-19)18-28-26(32)22-11-12-25(31-13-15-34-16-14-31)24(17-22)30-27(33)29-23-6-4-3-5-20(23)2/h3-12,17H,13-16,18H2,1-2H3,(H,28,32)(H2,29,30,33). The van der Waals surface area contributed by atoms with Crippen molar-refractivity contribution in [3.05, 3.63) is 89.0 Å². The van der Waals surface area contributed by atoms with E-state index in [-0.39, 0.29) is 11.9 Å². The van der Waals surface area contributed by atoms with Gasteiger partial charge >= 0.3 is 6.03 Å². The molecule has 3 N–H and O–H groups in total. The molecule has 3 amide bonds. The number of urea groups is 1. The maximum atomic E-state index is 12.9. The Hall–Kier alpha value is -3.84. The van der Waals surface area contributed by atoms with Crippen LogP contribution in [0.3, 0.4) is 0 Å². The quantitative estimate of drug-likeness (QED) is 0.499. The summed E-state index contributed by atoms with van der Waals surface area (Å²) in [6, 6.07) is 20.7. The van der Waals surface area contributed by atoms with Crippen molar-refractivity contribution >= 4 is 29.0 Å². The van der Waals surface area contributed by atoms with E-state index in [0.29, 0.717) is 44.1 Å². The first-order valence-electron chi connectivity index (χ1n) is 11.4. The van der Waals surface area contributed by atoms with E-state index < -0.39 is 0 Å². The topological polar surface area (TPSA) is 82.7 Å². The second-order valence-electron chi connectivity index (χ2n) is 8.39. The average molecular weight is 459 g/mol. The summed E-state index contributed by atoms with van der Waals surface area (Å²) in [4.78, 5) is 27.8. The fraction of sp³-hybridized carbons (Fsp3) is 0.259. The summed E-state index contributed by atoms with van der Waals surface area (Å²) in [6.45, 7) is 7.07. The van der Waals surface area contributed by atoms with Crippen LogP contribution in [-0.4, -0.2) is 38.2 Å². The van der Waals surface area contributed by atoms with Crippen LogP contribution in [0.4, 0.5) is 21.9 Å². The van der Waals surface area contributed by atoms with E-state index in [1.165, 1.54) is 5.56 Å². The fourth-order valence-corrected chi connectivity index (χ4v) is 3.84. The summed E-state index contributed by atoms with van der Waals surface area (Å²) in [7, 11) is 0. The van der Waals surface area contributed by atoms with E-state index in [2.05, 4.69) is 20.9 Å². The molecule has 0 saturated carbocycles. The van der Waals surface area contributed by atoms with Gasteiger partial charge in [-0.05, 0) is 49.2 Å². The van der Waals surface area contributed by atoms with Gasteiger partial charge in [-0.2, -0.15) is 0 Å². The van der Waals surface area contributed by atoms with E-state index in [0.717, 1.165) is 22.5 Å². The summed E-state index contributed by atoms with van der Waals surface area (Å²) in [5.41, 5.74) is 5.83. The lowest BCUT2D eigenvalue weighted by molar-refractivity contribution is 0.0951. The van der Waals surface area contributed by atoms with Crippen LogP contribution in [0, 0.1) is 13.8 Å². The lowest BCUT2D eigenvalue weighted by atomic mass is 10.1. The molecule has 0 bridgehead atoms. The number of aryl methyl sites for hydroxylation is 2. The van der Waals surface area contributed by atoms with Crippen LogP contribution in [0.15, 0.2) is 66.7 Å². The van der Waals surface area contributed by atoms with Crippen LogP contribution in [-0.2, 0) is 11.3 Å². The molecule has 3 aromatic rings. The summed E-state index contributed by atoms with van der Waals surface area (Å²) in [6.07, 6.45) is 0. The van der Waals surface area contributed by atoms with Gasteiger partial charge in [-0.25, -0.2) is 4.79 Å². The lowest BCUT2D eigenvalue weighted by Gasteiger charge is -2.30. The summed E-state index contributed by atoms with van der Waals surface area (Å²) < 4.78 is 5.47. The summed E-state index contributed by atoms with van der Waals surface area (Å²) in [5.74, 6) is -0.198. The molecule has 176 valence electrons. The van der Waals surface area contributed by atoms with Crippen molar-refractivity contribution in [2.75, 3.05) is 41.8 Å². The van der Waals surface area contributed by atoms with Crippen molar-refractivity contribution in [2.24, 2.45) is 0 Å². The zero-order chi connectivity index (χ0) is 23.9. The second-order valence-corrected chi connectivity index (χ2v) is 8.39. The Morgan fingerprint density at radius 3 is 2.32 bits per heavy atom. The number of hydrogen-bond acceptors (Lipinski definition) is 4. The van der Waals surface area contributed by atoms with Gasteiger partial charge in [0.1, 0.15) is 0 Å². The molecule has 0 atom stereocenters. The molecule has 34 heavy (non-hydrogen) atoms. The Bertz CT molecular complexity index is 1150. The monoisotopic (exact) mass is 458 g/mol. The fourth-order valence-electron chi connectivity index (χ4n) is 3.84. The zero-order valence-electron chi connectivity index (χ0n) is 19.6. The number of nitrogens with one attached hydrogen (secondary N) is 3. The van der Waals surface area contributed by atoms with Crippen molar-refractivity contribution in [3.63, 3.8) is 0 Å². The molecule has 1 heterocycles. The van der Waals surface area contributed by atoms with Crippen LogP contribution < -0.4 is 20.9 Å². The molecule has 0 spiro atoms. The number of ether oxygens (including phenoxy) is 1. The molecule has 1 aliphatic heterocycles. The lowest BCUT2D eigenvalue weighted by Crippen LogP contribution is -2.37. The summed E-state index contributed by atoms with van der Waals surface area (Å²) >= 11 is 0. The van der Waals surface area contributed by atoms with Gasteiger partial charge in [-0.1, -0.05) is 48.0 Å². The first-order chi connectivity index (χ1) is 16.5. The highest BCUT2D eigenvalue weighted by Gasteiger charge is 2.18. The smallest absolute Gasteiger partial charge is 0.323 e. The number of carbonyl (C=O) groups is 2. The third kappa shape index (κ3) is 5.94. The maximum Gasteiger partial charge on any atom is 0.323 e. The number of hydrogen-bond donors (Lipinski definition) is 3. The van der Waals surface area contributed by atoms with E-state index >= 15 is 0 Å². The van der Waals surface area contributed by atoms with E-state index in [1.807, 2.05) is 68.4 Å². The first kappa shape index (κ1) is 23.3. The van der Waals surface area contributed by atoms with Crippen LogP contribution >= 0.6 is 0 Å². The minimum Gasteiger partial charge on any atom is -0.378 e. The molecule has 7 heteroatoms. The summed E-state index contributed by atoms with van der Waals surface area (Å²) in [5, 5.41) is 8.80. The molecule has 0 radical (unpaired) electrons. The SMILES string of the molecule is Cc1ccc(CNC(=O)c2ccc(N3CCOCC3)c(NC(=O)Nc3ccccc3C)c2)cc1. The molecule has 1 fully saturated rings. The minimum atomic E-state index is -0.360. The van der Waals surface area contributed by atoms with Crippen molar-refractivity contribution in [1.29, 1.82) is 0 Å². The van der Waals surface area contributed by atoms with Gasteiger partial charge in [0.05, 0.1) is 24.6 Å². The Kier molecular flexibility index (Phi) is 7.44. The number of morpholine rings is 1. The zero-order valence-corrected chi connectivity index (χ0v) is 19.6.